The zero-order chi connectivity index (χ0) is 11.4. The first-order chi connectivity index (χ1) is 7.79. The molecule has 4 heteroatoms. The maximum absolute atomic E-state index is 5.59. The van der Waals surface area contributed by atoms with Crippen molar-refractivity contribution in [1.29, 1.82) is 0 Å². The topological polar surface area (TPSA) is 67.6 Å². The van der Waals surface area contributed by atoms with Crippen molar-refractivity contribution in [2.75, 3.05) is 6.54 Å². The third-order valence-electron chi connectivity index (χ3n) is 2.56. The minimum Gasteiger partial charge on any atom is -0.342 e. The third-order valence-corrected chi connectivity index (χ3v) is 2.56. The van der Waals surface area contributed by atoms with E-state index in [1.807, 2.05) is 18.3 Å². The van der Waals surface area contributed by atoms with Gasteiger partial charge in [0, 0.05) is 24.4 Å². The fourth-order valence-electron chi connectivity index (χ4n) is 1.56. The first kappa shape index (κ1) is 10.8. The average Bonchev–Trinajstić information content (AvgIpc) is 2.78. The Labute approximate surface area is 94.9 Å². The van der Waals surface area contributed by atoms with Crippen LogP contribution < -0.4 is 5.73 Å². The molecule has 84 valence electrons. The van der Waals surface area contributed by atoms with Gasteiger partial charge in [0.2, 0.25) is 0 Å². The highest BCUT2D eigenvalue weighted by molar-refractivity contribution is 5.57. The van der Waals surface area contributed by atoms with E-state index >= 15 is 0 Å². The lowest BCUT2D eigenvalue weighted by Gasteiger charge is -2.04. The number of rotatable bonds is 4. The molecule has 0 aliphatic carbocycles. The van der Waals surface area contributed by atoms with Crippen molar-refractivity contribution in [1.82, 2.24) is 15.0 Å². The highest BCUT2D eigenvalue weighted by atomic mass is 14.9. The van der Waals surface area contributed by atoms with Crippen LogP contribution in [0.25, 0.3) is 11.3 Å². The van der Waals surface area contributed by atoms with Gasteiger partial charge in [-0.25, -0.2) is 4.98 Å². The second-order valence-corrected chi connectivity index (χ2v) is 4.02. The van der Waals surface area contributed by atoms with Crippen LogP contribution in [0.3, 0.4) is 0 Å². The van der Waals surface area contributed by atoms with Crippen LogP contribution in [0.4, 0.5) is 0 Å². The third kappa shape index (κ3) is 2.46. The summed E-state index contributed by atoms with van der Waals surface area (Å²) in [6.45, 7) is 2.81. The van der Waals surface area contributed by atoms with Gasteiger partial charge in [-0.1, -0.05) is 6.92 Å². The summed E-state index contributed by atoms with van der Waals surface area (Å²) in [6.07, 6.45) is 6.30. The quantitative estimate of drug-likeness (QED) is 0.815. The van der Waals surface area contributed by atoms with Crippen molar-refractivity contribution in [3.8, 4) is 11.3 Å². The molecule has 3 N–H and O–H groups in total. The zero-order valence-electron chi connectivity index (χ0n) is 9.35. The molecule has 0 radical (unpaired) electrons. The molecule has 1 unspecified atom stereocenters. The Bertz CT molecular complexity index is 435. The predicted octanol–water partition coefficient (Wildman–Crippen LogP) is 1.61. The second kappa shape index (κ2) is 4.90. The standard InChI is InChI=1S/C12H16N4/c1-9(7-13)6-12-15-8-11(16-12)10-2-4-14-5-3-10/h2-5,8-9H,6-7,13H2,1H3,(H,15,16). The summed E-state index contributed by atoms with van der Waals surface area (Å²) in [5.74, 6) is 1.45. The molecule has 0 saturated carbocycles. The molecule has 0 aliphatic rings. The van der Waals surface area contributed by atoms with E-state index < -0.39 is 0 Å². The molecule has 0 fully saturated rings. The van der Waals surface area contributed by atoms with E-state index in [0.717, 1.165) is 23.5 Å². The zero-order valence-corrected chi connectivity index (χ0v) is 9.35. The molecule has 0 aliphatic heterocycles. The van der Waals surface area contributed by atoms with E-state index in [1.54, 1.807) is 12.4 Å². The maximum atomic E-state index is 5.59. The molecule has 1 atom stereocenters. The van der Waals surface area contributed by atoms with Gasteiger partial charge >= 0.3 is 0 Å². The smallest absolute Gasteiger partial charge is 0.106 e. The summed E-state index contributed by atoms with van der Waals surface area (Å²) in [5.41, 5.74) is 7.72. The number of aromatic amines is 1. The Balaban J connectivity index is 2.14. The number of pyridine rings is 1. The fraction of sp³-hybridized carbons (Fsp3) is 0.333. The number of nitrogens with two attached hydrogens (primary N) is 1. The fourth-order valence-corrected chi connectivity index (χ4v) is 1.56. The molecule has 2 rings (SSSR count). The molecular weight excluding hydrogens is 200 g/mol. The SMILES string of the molecule is CC(CN)Cc1ncc(-c2ccncc2)[nH]1. The highest BCUT2D eigenvalue weighted by Gasteiger charge is 2.06. The van der Waals surface area contributed by atoms with Crippen LogP contribution in [0.1, 0.15) is 12.7 Å². The Hall–Kier alpha value is -1.68. The van der Waals surface area contributed by atoms with Gasteiger partial charge in [0.05, 0.1) is 11.9 Å². The van der Waals surface area contributed by atoms with Gasteiger partial charge in [-0.05, 0) is 24.6 Å². The molecule has 0 aromatic carbocycles. The number of nitrogens with one attached hydrogen (secondary N) is 1. The lowest BCUT2D eigenvalue weighted by atomic mass is 10.1. The summed E-state index contributed by atoms with van der Waals surface area (Å²) in [7, 11) is 0. The first-order valence-corrected chi connectivity index (χ1v) is 5.44. The highest BCUT2D eigenvalue weighted by Crippen LogP contribution is 2.16. The largest absolute Gasteiger partial charge is 0.342 e. The number of nitrogens with zero attached hydrogens (tertiary/aromatic N) is 2. The van der Waals surface area contributed by atoms with Crippen LogP contribution in [0.5, 0.6) is 0 Å². The van der Waals surface area contributed by atoms with Crippen LogP contribution in [0.2, 0.25) is 0 Å². The summed E-state index contributed by atoms with van der Waals surface area (Å²) < 4.78 is 0. The number of hydrogen-bond donors (Lipinski definition) is 2. The Morgan fingerprint density at radius 3 is 2.81 bits per heavy atom. The molecule has 0 amide bonds. The van der Waals surface area contributed by atoms with E-state index in [4.69, 9.17) is 5.73 Å². The van der Waals surface area contributed by atoms with Crippen LogP contribution in [-0.2, 0) is 6.42 Å². The Morgan fingerprint density at radius 2 is 2.12 bits per heavy atom. The van der Waals surface area contributed by atoms with Crippen molar-refractivity contribution in [3.63, 3.8) is 0 Å². The normalized spacial score (nSPS) is 12.6. The summed E-state index contributed by atoms with van der Waals surface area (Å²) >= 11 is 0. The Kier molecular flexibility index (Phi) is 3.31. The van der Waals surface area contributed by atoms with Crippen molar-refractivity contribution in [3.05, 3.63) is 36.5 Å². The average molecular weight is 216 g/mol. The van der Waals surface area contributed by atoms with Gasteiger partial charge in [0.15, 0.2) is 0 Å². The second-order valence-electron chi connectivity index (χ2n) is 4.02. The number of hydrogen-bond acceptors (Lipinski definition) is 3. The molecule has 0 saturated heterocycles. The lowest BCUT2D eigenvalue weighted by Crippen LogP contribution is -2.13. The molecule has 2 aromatic rings. The van der Waals surface area contributed by atoms with Gasteiger partial charge in [-0.3, -0.25) is 4.98 Å². The van der Waals surface area contributed by atoms with Gasteiger partial charge < -0.3 is 10.7 Å². The van der Waals surface area contributed by atoms with Gasteiger partial charge in [0.1, 0.15) is 5.82 Å². The van der Waals surface area contributed by atoms with E-state index in [0.29, 0.717) is 12.5 Å². The van der Waals surface area contributed by atoms with Gasteiger partial charge in [-0.2, -0.15) is 0 Å². The number of aromatic nitrogens is 3. The molecule has 16 heavy (non-hydrogen) atoms. The van der Waals surface area contributed by atoms with Crippen molar-refractivity contribution >= 4 is 0 Å². The molecular formula is C12H16N4. The van der Waals surface area contributed by atoms with Crippen LogP contribution >= 0.6 is 0 Å². The van der Waals surface area contributed by atoms with Crippen molar-refractivity contribution in [2.24, 2.45) is 11.7 Å². The molecule has 0 spiro atoms. The molecule has 0 bridgehead atoms. The van der Waals surface area contributed by atoms with E-state index in [-0.39, 0.29) is 0 Å². The van der Waals surface area contributed by atoms with E-state index in [1.165, 1.54) is 0 Å². The summed E-state index contributed by atoms with van der Waals surface area (Å²) in [6, 6.07) is 3.92. The molecule has 4 nitrogen and oxygen atoms in total. The van der Waals surface area contributed by atoms with Crippen molar-refractivity contribution < 1.29 is 0 Å². The van der Waals surface area contributed by atoms with E-state index in [2.05, 4.69) is 21.9 Å². The van der Waals surface area contributed by atoms with Gasteiger partial charge in [-0.15, -0.1) is 0 Å². The predicted molar refractivity (Wildman–Crippen MR) is 63.7 cm³/mol. The van der Waals surface area contributed by atoms with Crippen molar-refractivity contribution in [2.45, 2.75) is 13.3 Å². The van der Waals surface area contributed by atoms with E-state index in [9.17, 15) is 0 Å². The summed E-state index contributed by atoms with van der Waals surface area (Å²) in [5, 5.41) is 0. The molecule has 2 aromatic heterocycles. The first-order valence-electron chi connectivity index (χ1n) is 5.44. The maximum Gasteiger partial charge on any atom is 0.106 e. The molecule has 2 heterocycles. The minimum atomic E-state index is 0.455. The number of imidazole rings is 1. The van der Waals surface area contributed by atoms with Crippen LogP contribution in [-0.4, -0.2) is 21.5 Å². The lowest BCUT2D eigenvalue weighted by molar-refractivity contribution is 0.577. The summed E-state index contributed by atoms with van der Waals surface area (Å²) in [4.78, 5) is 11.6. The van der Waals surface area contributed by atoms with Crippen LogP contribution in [0.15, 0.2) is 30.7 Å². The monoisotopic (exact) mass is 216 g/mol. The van der Waals surface area contributed by atoms with Gasteiger partial charge in [0.25, 0.3) is 0 Å². The van der Waals surface area contributed by atoms with Crippen LogP contribution in [0, 0.1) is 5.92 Å². The minimum absolute atomic E-state index is 0.455. The number of H-pyrrole nitrogens is 1. The Morgan fingerprint density at radius 1 is 1.38 bits per heavy atom.